The summed E-state index contributed by atoms with van der Waals surface area (Å²) in [6, 6.07) is 19.1. The molecule has 2 aromatic carbocycles. The first kappa shape index (κ1) is 32.9. The summed E-state index contributed by atoms with van der Waals surface area (Å²) in [6.07, 6.45) is 5.59. The second-order valence-electron chi connectivity index (χ2n) is 12.1. The molecule has 1 fully saturated rings. The lowest BCUT2D eigenvalue weighted by Crippen LogP contribution is -2.37. The Morgan fingerprint density at radius 2 is 1.78 bits per heavy atom. The molecule has 1 aliphatic heterocycles. The number of hydrogen-bond donors (Lipinski definition) is 1. The minimum absolute atomic E-state index is 0.0888. The number of ketones is 1. The maximum Gasteiger partial charge on any atom is 0.268 e. The summed E-state index contributed by atoms with van der Waals surface area (Å²) in [5.74, 6) is 1.59. The Balaban J connectivity index is 1.06. The van der Waals surface area contributed by atoms with Crippen molar-refractivity contribution >= 4 is 28.4 Å². The fourth-order valence-electron chi connectivity index (χ4n) is 6.31. The molecule has 12 nitrogen and oxygen atoms in total. The van der Waals surface area contributed by atoms with Crippen molar-refractivity contribution in [1.29, 1.82) is 0 Å². The zero-order valence-corrected chi connectivity index (χ0v) is 27.7. The molecule has 4 heterocycles. The highest BCUT2D eigenvalue weighted by Gasteiger charge is 2.26. The zero-order valence-electron chi connectivity index (χ0n) is 27.7. The average molecular weight is 676 g/mol. The van der Waals surface area contributed by atoms with E-state index in [0.29, 0.717) is 71.3 Å². The second kappa shape index (κ2) is 14.9. The molecule has 2 aliphatic rings. The van der Waals surface area contributed by atoms with Crippen molar-refractivity contribution in [2.75, 3.05) is 51.9 Å². The van der Waals surface area contributed by atoms with Crippen LogP contribution in [0.15, 0.2) is 83.9 Å². The Kier molecular flexibility index (Phi) is 9.81. The monoisotopic (exact) mass is 675 g/mol. The molecule has 256 valence electrons. The number of nitrogens with one attached hydrogen (secondary N) is 1. The van der Waals surface area contributed by atoms with Gasteiger partial charge in [0.15, 0.2) is 17.3 Å². The van der Waals surface area contributed by atoms with Gasteiger partial charge in [0.25, 0.3) is 11.5 Å². The van der Waals surface area contributed by atoms with Crippen LogP contribution in [0.1, 0.15) is 45.7 Å². The second-order valence-corrected chi connectivity index (χ2v) is 12.1. The number of methoxy groups -OCH3 is 1. The fraction of sp³-hybridized carbons (Fsp3) is 0.289. The van der Waals surface area contributed by atoms with Crippen molar-refractivity contribution in [2.45, 2.75) is 25.7 Å². The van der Waals surface area contributed by atoms with Crippen molar-refractivity contribution in [2.24, 2.45) is 0 Å². The molecular formula is C38H37N5O7. The van der Waals surface area contributed by atoms with Crippen molar-refractivity contribution in [1.82, 2.24) is 19.4 Å². The number of amides is 1. The van der Waals surface area contributed by atoms with Crippen LogP contribution in [0.4, 0.5) is 5.82 Å². The van der Waals surface area contributed by atoms with Gasteiger partial charge in [0.2, 0.25) is 0 Å². The minimum Gasteiger partial charge on any atom is -0.493 e. The summed E-state index contributed by atoms with van der Waals surface area (Å²) < 4.78 is 24.8. The Bertz CT molecular complexity index is 2080. The normalized spacial score (nSPS) is 14.6. The highest BCUT2D eigenvalue weighted by atomic mass is 16.5. The van der Waals surface area contributed by atoms with Gasteiger partial charge in [-0.15, -0.1) is 0 Å². The van der Waals surface area contributed by atoms with Crippen LogP contribution in [0.2, 0.25) is 0 Å². The zero-order chi connectivity index (χ0) is 34.5. The number of pyridine rings is 3. The molecule has 0 radical (unpaired) electrons. The number of carbonyl (C=O) groups excluding carboxylic acids is 2. The Labute approximate surface area is 288 Å². The smallest absolute Gasteiger partial charge is 0.268 e. The Morgan fingerprint density at radius 3 is 2.56 bits per heavy atom. The summed E-state index contributed by atoms with van der Waals surface area (Å²) in [7, 11) is 1.59. The number of aromatic nitrogens is 3. The first-order chi connectivity index (χ1) is 24.5. The molecule has 7 rings (SSSR count). The lowest BCUT2D eigenvalue weighted by molar-refractivity contribution is 0.0357. The van der Waals surface area contributed by atoms with Crippen LogP contribution in [0.3, 0.4) is 0 Å². The minimum atomic E-state index is -0.659. The maximum atomic E-state index is 13.7. The van der Waals surface area contributed by atoms with E-state index in [9.17, 15) is 14.4 Å². The summed E-state index contributed by atoms with van der Waals surface area (Å²) >= 11 is 0. The summed E-state index contributed by atoms with van der Waals surface area (Å²) in [6.45, 7) is 4.89. The predicted octanol–water partition coefficient (Wildman–Crippen LogP) is 5.45. The number of para-hydroxylation sites is 1. The van der Waals surface area contributed by atoms with Crippen LogP contribution in [-0.2, 0) is 11.2 Å². The SMILES string of the molecule is COc1cc2c(Oc3ccc(NC(=O)c4cc5c(n(-c6ccccc6)c4=O)CCCC5=O)nc3)ccnc2cc1OCCCN1CCOCC1. The highest BCUT2D eigenvalue weighted by molar-refractivity contribution is 6.06. The molecule has 1 saturated heterocycles. The molecule has 0 bridgehead atoms. The standard InChI is InChI=1S/C38H37N5O7/c1-47-34-22-27-30(23-35(34)49-18-6-15-42-16-19-48-20-17-42)39-14-13-33(27)50-26-11-12-36(40-24-26)41-37(45)29-21-28-31(9-5-10-32(28)44)43(38(29)46)25-7-3-2-4-8-25/h2-4,7-8,11-14,21-24H,5-6,9-10,15-20H2,1H3,(H,40,41,45). The summed E-state index contributed by atoms with van der Waals surface area (Å²) in [4.78, 5) is 51.2. The van der Waals surface area contributed by atoms with E-state index in [-0.39, 0.29) is 17.2 Å². The van der Waals surface area contributed by atoms with Gasteiger partial charge in [0.05, 0.1) is 38.6 Å². The van der Waals surface area contributed by atoms with Gasteiger partial charge in [0.1, 0.15) is 22.9 Å². The van der Waals surface area contributed by atoms with Gasteiger partial charge in [-0.3, -0.25) is 28.8 Å². The van der Waals surface area contributed by atoms with Gasteiger partial charge in [-0.25, -0.2) is 4.98 Å². The first-order valence-corrected chi connectivity index (χ1v) is 16.7. The molecule has 0 saturated carbocycles. The number of nitrogens with zero attached hydrogens (tertiary/aromatic N) is 4. The number of anilines is 1. The summed E-state index contributed by atoms with van der Waals surface area (Å²) in [5, 5.41) is 3.42. The van der Waals surface area contributed by atoms with Crippen LogP contribution >= 0.6 is 0 Å². The molecule has 1 amide bonds. The predicted molar refractivity (Wildman–Crippen MR) is 187 cm³/mol. The van der Waals surface area contributed by atoms with Crippen molar-refractivity contribution in [3.63, 3.8) is 0 Å². The fourth-order valence-corrected chi connectivity index (χ4v) is 6.31. The van der Waals surface area contributed by atoms with Crippen molar-refractivity contribution < 1.29 is 28.5 Å². The number of Topliss-reactive ketones (excluding diaryl/α,β-unsaturated/α-hetero) is 1. The molecule has 1 N–H and O–H groups in total. The lowest BCUT2D eigenvalue weighted by atomic mass is 9.92. The molecule has 50 heavy (non-hydrogen) atoms. The van der Waals surface area contributed by atoms with E-state index in [1.807, 2.05) is 30.3 Å². The van der Waals surface area contributed by atoms with E-state index in [0.717, 1.165) is 44.7 Å². The summed E-state index contributed by atoms with van der Waals surface area (Å²) in [5.41, 5.74) is 1.66. The third kappa shape index (κ3) is 7.07. The number of fused-ring (bicyclic) bond motifs is 2. The third-order valence-electron chi connectivity index (χ3n) is 8.85. The highest BCUT2D eigenvalue weighted by Crippen LogP contribution is 2.37. The number of ether oxygens (including phenoxy) is 4. The number of morpholine rings is 1. The van der Waals surface area contributed by atoms with Crippen molar-refractivity contribution in [3.8, 4) is 28.7 Å². The average Bonchev–Trinajstić information content (AvgIpc) is 3.14. The molecule has 0 spiro atoms. The molecule has 12 heteroatoms. The van der Waals surface area contributed by atoms with Crippen LogP contribution in [0, 0.1) is 0 Å². The van der Waals surface area contributed by atoms with Crippen LogP contribution in [0.5, 0.6) is 23.0 Å². The van der Waals surface area contributed by atoms with E-state index in [1.165, 1.54) is 16.8 Å². The number of hydrogen-bond acceptors (Lipinski definition) is 10. The van der Waals surface area contributed by atoms with Gasteiger partial charge in [0, 0.05) is 60.6 Å². The molecule has 0 unspecified atom stereocenters. The van der Waals surface area contributed by atoms with E-state index in [4.69, 9.17) is 18.9 Å². The Hall–Kier alpha value is -5.59. The van der Waals surface area contributed by atoms with Crippen LogP contribution in [-0.4, -0.2) is 77.7 Å². The van der Waals surface area contributed by atoms with E-state index in [2.05, 4.69) is 20.2 Å². The van der Waals surface area contributed by atoms with Crippen molar-refractivity contribution in [3.05, 3.63) is 106 Å². The van der Waals surface area contributed by atoms with Crippen LogP contribution in [0.25, 0.3) is 16.6 Å². The van der Waals surface area contributed by atoms with Crippen LogP contribution < -0.4 is 25.1 Å². The van der Waals surface area contributed by atoms with Gasteiger partial charge < -0.3 is 24.3 Å². The van der Waals surface area contributed by atoms with Gasteiger partial charge in [-0.2, -0.15) is 0 Å². The van der Waals surface area contributed by atoms with Gasteiger partial charge >= 0.3 is 0 Å². The molecule has 0 atom stereocenters. The largest absolute Gasteiger partial charge is 0.493 e. The van der Waals surface area contributed by atoms with E-state index in [1.54, 1.807) is 43.6 Å². The first-order valence-electron chi connectivity index (χ1n) is 16.7. The van der Waals surface area contributed by atoms with Gasteiger partial charge in [-0.05, 0) is 61.7 Å². The lowest BCUT2D eigenvalue weighted by Gasteiger charge is -2.26. The number of benzene rings is 2. The quantitative estimate of drug-likeness (QED) is 0.180. The van der Waals surface area contributed by atoms with Gasteiger partial charge in [-0.1, -0.05) is 18.2 Å². The van der Waals surface area contributed by atoms with E-state index < -0.39 is 11.5 Å². The number of rotatable bonds is 11. The number of carbonyl (C=O) groups is 2. The maximum absolute atomic E-state index is 13.7. The third-order valence-corrected chi connectivity index (χ3v) is 8.85. The Morgan fingerprint density at radius 1 is 0.940 bits per heavy atom. The molecule has 1 aliphatic carbocycles. The van der Waals surface area contributed by atoms with E-state index >= 15 is 0 Å². The molecule has 3 aromatic heterocycles. The topological polar surface area (TPSA) is 134 Å². The molecular weight excluding hydrogens is 638 g/mol. The molecule has 5 aromatic rings.